The molecule has 0 aliphatic heterocycles. The molecule has 1 fully saturated rings. The third kappa shape index (κ3) is 4.44. The highest BCUT2D eigenvalue weighted by atomic mass is 16.2. The number of nitrogens with zero attached hydrogens (tertiary/aromatic N) is 4. The molecule has 0 spiro atoms. The predicted octanol–water partition coefficient (Wildman–Crippen LogP) is 3.16. The molecule has 0 saturated heterocycles. The summed E-state index contributed by atoms with van der Waals surface area (Å²) in [7, 11) is 0. The van der Waals surface area contributed by atoms with E-state index in [-0.39, 0.29) is 18.5 Å². The Balaban J connectivity index is 1.60. The zero-order valence-corrected chi connectivity index (χ0v) is 15.3. The van der Waals surface area contributed by atoms with Gasteiger partial charge < -0.3 is 5.32 Å². The first kappa shape index (κ1) is 17.6. The Bertz CT molecular complexity index is 707. The van der Waals surface area contributed by atoms with E-state index in [0.29, 0.717) is 17.7 Å². The Kier molecular flexibility index (Phi) is 5.46. The number of tetrazole rings is 1. The van der Waals surface area contributed by atoms with Crippen LogP contribution in [-0.4, -0.2) is 32.2 Å². The van der Waals surface area contributed by atoms with E-state index in [1.807, 2.05) is 12.1 Å². The Labute approximate surface area is 149 Å². The summed E-state index contributed by atoms with van der Waals surface area (Å²) in [4.78, 5) is 13.6. The van der Waals surface area contributed by atoms with Crippen molar-refractivity contribution < 1.29 is 4.79 Å². The van der Waals surface area contributed by atoms with Crippen LogP contribution in [0.3, 0.4) is 0 Å². The zero-order chi connectivity index (χ0) is 17.8. The molecule has 1 aliphatic carbocycles. The van der Waals surface area contributed by atoms with E-state index in [1.165, 1.54) is 29.6 Å². The maximum atomic E-state index is 12.3. The summed E-state index contributed by atoms with van der Waals surface area (Å²) < 4.78 is 0. The topological polar surface area (TPSA) is 72.7 Å². The average molecular weight is 341 g/mol. The summed E-state index contributed by atoms with van der Waals surface area (Å²) in [6.07, 6.45) is 4.69. The Morgan fingerprint density at radius 2 is 1.96 bits per heavy atom. The molecule has 6 heteroatoms. The summed E-state index contributed by atoms with van der Waals surface area (Å²) in [5, 5.41) is 15.6. The van der Waals surface area contributed by atoms with Gasteiger partial charge in [0.25, 0.3) is 0 Å². The molecular weight excluding hydrogens is 314 g/mol. The smallest absolute Gasteiger partial charge is 0.243 e. The average Bonchev–Trinajstić information content (AvgIpc) is 3.05. The lowest BCUT2D eigenvalue weighted by Gasteiger charge is -2.29. The van der Waals surface area contributed by atoms with E-state index in [9.17, 15) is 4.79 Å². The van der Waals surface area contributed by atoms with Gasteiger partial charge in [0, 0.05) is 11.6 Å². The van der Waals surface area contributed by atoms with Crippen molar-refractivity contribution in [2.75, 3.05) is 0 Å². The van der Waals surface area contributed by atoms with Crippen LogP contribution in [-0.2, 0) is 11.3 Å². The summed E-state index contributed by atoms with van der Waals surface area (Å²) in [6.45, 7) is 6.64. The summed E-state index contributed by atoms with van der Waals surface area (Å²) in [5.41, 5.74) is 2.19. The fraction of sp³-hybridized carbons (Fsp3) is 0.579. The van der Waals surface area contributed by atoms with Gasteiger partial charge in [-0.25, -0.2) is 0 Å². The van der Waals surface area contributed by atoms with Crippen LogP contribution in [0.2, 0.25) is 0 Å². The molecule has 1 aliphatic rings. The van der Waals surface area contributed by atoms with Gasteiger partial charge in [-0.3, -0.25) is 4.79 Å². The maximum absolute atomic E-state index is 12.3. The number of carbonyl (C=O) groups is 1. The zero-order valence-electron chi connectivity index (χ0n) is 15.3. The van der Waals surface area contributed by atoms with E-state index in [2.05, 4.69) is 53.6 Å². The van der Waals surface area contributed by atoms with Crippen molar-refractivity contribution in [1.29, 1.82) is 0 Å². The van der Waals surface area contributed by atoms with Gasteiger partial charge in [0.2, 0.25) is 11.7 Å². The normalized spacial score (nSPS) is 20.6. The standard InChI is InChI=1S/C19H27N5O/c1-13(2)15-8-10-16(11-9-15)19-21-23-24(22-19)12-18(25)20-17-7-5-4-6-14(17)3/h8-11,13-14,17H,4-7,12H2,1-3H3,(H,20,25)/t14-,17+/m0/s1. The first-order chi connectivity index (χ1) is 12.0. The number of hydrogen-bond donors (Lipinski definition) is 1. The number of carbonyl (C=O) groups excluding carboxylic acids is 1. The number of aromatic nitrogens is 4. The number of benzene rings is 1. The van der Waals surface area contributed by atoms with Gasteiger partial charge in [-0.05, 0) is 35.5 Å². The highest BCUT2D eigenvalue weighted by Gasteiger charge is 2.23. The molecule has 1 aromatic carbocycles. The highest BCUT2D eigenvalue weighted by Crippen LogP contribution is 2.23. The minimum atomic E-state index is -0.0437. The van der Waals surface area contributed by atoms with Gasteiger partial charge in [-0.2, -0.15) is 4.80 Å². The molecule has 2 aromatic rings. The van der Waals surface area contributed by atoms with Crippen molar-refractivity contribution >= 4 is 5.91 Å². The van der Waals surface area contributed by atoms with Crippen LogP contribution in [0.1, 0.15) is 57.9 Å². The second kappa shape index (κ2) is 7.76. The lowest BCUT2D eigenvalue weighted by atomic mass is 9.86. The number of amides is 1. The van der Waals surface area contributed by atoms with Crippen LogP contribution in [0.4, 0.5) is 0 Å². The van der Waals surface area contributed by atoms with Crippen molar-refractivity contribution in [2.24, 2.45) is 5.92 Å². The number of rotatable bonds is 5. The molecule has 1 N–H and O–H groups in total. The second-order valence-electron chi connectivity index (χ2n) is 7.36. The lowest BCUT2D eigenvalue weighted by Crippen LogP contribution is -2.42. The van der Waals surface area contributed by atoms with E-state index < -0.39 is 0 Å². The molecule has 2 atom stereocenters. The Hall–Kier alpha value is -2.24. The first-order valence-electron chi connectivity index (χ1n) is 9.20. The van der Waals surface area contributed by atoms with Crippen molar-refractivity contribution in [3.05, 3.63) is 29.8 Å². The van der Waals surface area contributed by atoms with E-state index in [1.54, 1.807) is 0 Å². The summed E-state index contributed by atoms with van der Waals surface area (Å²) in [5.74, 6) is 1.53. The SMILES string of the molecule is CC(C)c1ccc(-c2nnn(CC(=O)N[C@@H]3CCCC[C@@H]3C)n2)cc1. The fourth-order valence-corrected chi connectivity index (χ4v) is 3.35. The molecule has 25 heavy (non-hydrogen) atoms. The van der Waals surface area contributed by atoms with Gasteiger partial charge >= 0.3 is 0 Å². The van der Waals surface area contributed by atoms with Crippen molar-refractivity contribution in [2.45, 2.75) is 65.0 Å². The molecule has 0 bridgehead atoms. The quantitative estimate of drug-likeness (QED) is 0.907. The van der Waals surface area contributed by atoms with Crippen LogP contribution in [0.25, 0.3) is 11.4 Å². The molecule has 1 amide bonds. The molecule has 1 heterocycles. The van der Waals surface area contributed by atoms with Gasteiger partial charge in [0.05, 0.1) is 0 Å². The Morgan fingerprint density at radius 3 is 2.64 bits per heavy atom. The number of nitrogens with one attached hydrogen (secondary N) is 1. The fourth-order valence-electron chi connectivity index (χ4n) is 3.35. The van der Waals surface area contributed by atoms with Crippen LogP contribution in [0, 0.1) is 5.92 Å². The molecular formula is C19H27N5O. The van der Waals surface area contributed by atoms with Crippen LogP contribution in [0.15, 0.2) is 24.3 Å². The predicted molar refractivity (Wildman–Crippen MR) is 96.9 cm³/mol. The van der Waals surface area contributed by atoms with Gasteiger partial charge in [0.1, 0.15) is 6.54 Å². The summed E-state index contributed by atoms with van der Waals surface area (Å²) >= 11 is 0. The molecule has 1 saturated carbocycles. The molecule has 3 rings (SSSR count). The number of hydrogen-bond acceptors (Lipinski definition) is 4. The van der Waals surface area contributed by atoms with Crippen LogP contribution >= 0.6 is 0 Å². The van der Waals surface area contributed by atoms with Gasteiger partial charge in [-0.15, -0.1) is 10.2 Å². The van der Waals surface area contributed by atoms with Crippen LogP contribution in [0.5, 0.6) is 0 Å². The van der Waals surface area contributed by atoms with E-state index in [0.717, 1.165) is 12.0 Å². The van der Waals surface area contributed by atoms with Gasteiger partial charge in [0.15, 0.2) is 0 Å². The largest absolute Gasteiger partial charge is 0.351 e. The Morgan fingerprint density at radius 1 is 1.24 bits per heavy atom. The third-order valence-corrected chi connectivity index (χ3v) is 5.03. The highest BCUT2D eigenvalue weighted by molar-refractivity contribution is 5.75. The molecule has 0 radical (unpaired) electrons. The van der Waals surface area contributed by atoms with Gasteiger partial charge in [-0.1, -0.05) is 57.9 Å². The van der Waals surface area contributed by atoms with E-state index >= 15 is 0 Å². The van der Waals surface area contributed by atoms with Crippen LogP contribution < -0.4 is 5.32 Å². The van der Waals surface area contributed by atoms with Crippen molar-refractivity contribution in [3.63, 3.8) is 0 Å². The lowest BCUT2D eigenvalue weighted by molar-refractivity contribution is -0.123. The first-order valence-corrected chi connectivity index (χ1v) is 9.20. The maximum Gasteiger partial charge on any atom is 0.243 e. The summed E-state index contributed by atoms with van der Waals surface area (Å²) in [6, 6.07) is 8.43. The molecule has 6 nitrogen and oxygen atoms in total. The second-order valence-corrected chi connectivity index (χ2v) is 7.36. The minimum Gasteiger partial charge on any atom is -0.351 e. The van der Waals surface area contributed by atoms with E-state index in [4.69, 9.17) is 0 Å². The van der Waals surface area contributed by atoms with Crippen molar-refractivity contribution in [3.8, 4) is 11.4 Å². The third-order valence-electron chi connectivity index (χ3n) is 5.03. The molecule has 0 unspecified atom stereocenters. The molecule has 134 valence electrons. The monoisotopic (exact) mass is 341 g/mol. The van der Waals surface area contributed by atoms with Crippen molar-refractivity contribution in [1.82, 2.24) is 25.5 Å². The molecule has 1 aromatic heterocycles. The minimum absolute atomic E-state index is 0.0437.